The summed E-state index contributed by atoms with van der Waals surface area (Å²) in [5.41, 5.74) is 1.39. The number of Topliss-reactive ketones (excluding diaryl/α,β-unsaturated/α-hetero) is 1. The highest BCUT2D eigenvalue weighted by atomic mass is 79.9. The van der Waals surface area contributed by atoms with Crippen LogP contribution in [0.3, 0.4) is 0 Å². The van der Waals surface area contributed by atoms with Gasteiger partial charge in [-0.25, -0.2) is 4.21 Å². The first-order chi connectivity index (χ1) is 7.10. The zero-order chi connectivity index (χ0) is 11.4. The van der Waals surface area contributed by atoms with Gasteiger partial charge < -0.3 is 0 Å². The minimum absolute atomic E-state index is 0.0376. The maximum absolute atomic E-state index is 11.5. The fraction of sp³-hybridized carbons (Fsp3) is 0.300. The van der Waals surface area contributed by atoms with Crippen molar-refractivity contribution in [3.8, 4) is 0 Å². The van der Waals surface area contributed by atoms with Gasteiger partial charge in [0.1, 0.15) is 0 Å². The number of carbonyl (C=O) groups is 1. The Bertz CT molecular complexity index is 404. The summed E-state index contributed by atoms with van der Waals surface area (Å²) < 4.78 is 16.2. The number of carbonyl (C=O) groups excluding carboxylic acids is 1. The SMILES string of the molecule is COS(=O)c1cc(C(=O)CBr)ccc1C. The van der Waals surface area contributed by atoms with Crippen LogP contribution in [-0.4, -0.2) is 22.4 Å². The van der Waals surface area contributed by atoms with Crippen molar-refractivity contribution in [1.29, 1.82) is 0 Å². The molecule has 0 fully saturated rings. The predicted octanol–water partition coefficient (Wildman–Crippen LogP) is 2.24. The van der Waals surface area contributed by atoms with E-state index in [0.29, 0.717) is 10.5 Å². The van der Waals surface area contributed by atoms with Crippen molar-refractivity contribution >= 4 is 32.8 Å². The lowest BCUT2D eigenvalue weighted by Crippen LogP contribution is -2.03. The number of hydrogen-bond acceptors (Lipinski definition) is 3. The summed E-state index contributed by atoms with van der Waals surface area (Å²) in [6.07, 6.45) is 0. The molecular weight excluding hydrogens is 280 g/mol. The molecule has 0 saturated heterocycles. The van der Waals surface area contributed by atoms with Crippen LogP contribution < -0.4 is 0 Å². The van der Waals surface area contributed by atoms with Crippen LogP contribution in [0.4, 0.5) is 0 Å². The Balaban J connectivity index is 3.16. The van der Waals surface area contributed by atoms with E-state index in [-0.39, 0.29) is 11.1 Å². The Morgan fingerprint density at radius 2 is 2.20 bits per heavy atom. The quantitative estimate of drug-likeness (QED) is 0.631. The molecule has 0 heterocycles. The van der Waals surface area contributed by atoms with Gasteiger partial charge >= 0.3 is 0 Å². The average molecular weight is 291 g/mol. The van der Waals surface area contributed by atoms with Crippen molar-refractivity contribution in [1.82, 2.24) is 0 Å². The third-order valence-corrected chi connectivity index (χ3v) is 3.57. The molecule has 1 rings (SSSR count). The summed E-state index contributed by atoms with van der Waals surface area (Å²) in [6.45, 7) is 1.83. The predicted molar refractivity (Wildman–Crippen MR) is 62.7 cm³/mol. The van der Waals surface area contributed by atoms with E-state index >= 15 is 0 Å². The molecule has 1 aromatic carbocycles. The fourth-order valence-corrected chi connectivity index (χ4v) is 2.18. The minimum atomic E-state index is -1.50. The zero-order valence-corrected chi connectivity index (χ0v) is 10.9. The molecule has 1 aromatic rings. The first-order valence-electron chi connectivity index (χ1n) is 4.26. The number of rotatable bonds is 4. The van der Waals surface area contributed by atoms with E-state index in [2.05, 4.69) is 15.9 Å². The molecule has 0 radical (unpaired) electrons. The summed E-state index contributed by atoms with van der Waals surface area (Å²) in [6, 6.07) is 5.09. The number of benzene rings is 1. The summed E-state index contributed by atoms with van der Waals surface area (Å²) in [4.78, 5) is 11.9. The van der Waals surface area contributed by atoms with Crippen molar-refractivity contribution < 1.29 is 13.2 Å². The minimum Gasteiger partial charge on any atom is -0.293 e. The molecule has 0 amide bonds. The van der Waals surface area contributed by atoms with Crippen LogP contribution in [0.2, 0.25) is 0 Å². The molecule has 3 nitrogen and oxygen atoms in total. The second-order valence-corrected chi connectivity index (χ2v) is 4.74. The summed E-state index contributed by atoms with van der Waals surface area (Å²) in [5, 5.41) is 0.259. The molecular formula is C10H11BrO3S. The van der Waals surface area contributed by atoms with Crippen LogP contribution in [0, 0.1) is 6.92 Å². The zero-order valence-electron chi connectivity index (χ0n) is 8.45. The molecule has 0 saturated carbocycles. The van der Waals surface area contributed by atoms with E-state index in [0.717, 1.165) is 5.56 Å². The van der Waals surface area contributed by atoms with Gasteiger partial charge in [0.15, 0.2) is 16.9 Å². The van der Waals surface area contributed by atoms with Crippen LogP contribution in [0.15, 0.2) is 23.1 Å². The van der Waals surface area contributed by atoms with E-state index in [1.54, 1.807) is 18.2 Å². The Labute approximate surface area is 99.6 Å². The normalized spacial score (nSPS) is 12.5. The lowest BCUT2D eigenvalue weighted by atomic mass is 10.1. The molecule has 0 aliphatic carbocycles. The molecule has 0 bridgehead atoms. The van der Waals surface area contributed by atoms with Gasteiger partial charge in [0, 0.05) is 5.56 Å². The highest BCUT2D eigenvalue weighted by molar-refractivity contribution is 9.09. The van der Waals surface area contributed by atoms with Gasteiger partial charge in [0.2, 0.25) is 0 Å². The summed E-state index contributed by atoms with van der Waals surface area (Å²) in [5.74, 6) is -0.0376. The largest absolute Gasteiger partial charge is 0.293 e. The number of aryl methyl sites for hydroxylation is 1. The van der Waals surface area contributed by atoms with Gasteiger partial charge in [0.25, 0.3) is 0 Å². The lowest BCUT2D eigenvalue weighted by Gasteiger charge is -2.05. The number of alkyl halides is 1. The lowest BCUT2D eigenvalue weighted by molar-refractivity contribution is 0.102. The molecule has 5 heteroatoms. The van der Waals surface area contributed by atoms with Gasteiger partial charge in [-0.15, -0.1) is 0 Å². The van der Waals surface area contributed by atoms with Crippen molar-refractivity contribution in [2.24, 2.45) is 0 Å². The van der Waals surface area contributed by atoms with Gasteiger partial charge in [-0.3, -0.25) is 8.98 Å². The van der Waals surface area contributed by atoms with Crippen LogP contribution in [0.1, 0.15) is 15.9 Å². The second-order valence-electron chi connectivity index (χ2n) is 2.94. The Kier molecular flexibility index (Phi) is 4.63. The Hall–Kier alpha value is -0.520. The van der Waals surface area contributed by atoms with Gasteiger partial charge in [-0.1, -0.05) is 28.1 Å². The third-order valence-electron chi connectivity index (χ3n) is 1.96. The molecule has 1 unspecified atom stereocenters. The Morgan fingerprint density at radius 1 is 1.53 bits per heavy atom. The van der Waals surface area contributed by atoms with Crippen LogP contribution in [0.5, 0.6) is 0 Å². The van der Waals surface area contributed by atoms with Gasteiger partial charge in [0.05, 0.1) is 17.3 Å². The van der Waals surface area contributed by atoms with Crippen molar-refractivity contribution in [2.75, 3.05) is 12.4 Å². The van der Waals surface area contributed by atoms with Crippen LogP contribution in [0.25, 0.3) is 0 Å². The van der Waals surface area contributed by atoms with E-state index in [9.17, 15) is 9.00 Å². The van der Waals surface area contributed by atoms with Crippen LogP contribution in [-0.2, 0) is 15.3 Å². The van der Waals surface area contributed by atoms with Crippen molar-refractivity contribution in [3.63, 3.8) is 0 Å². The third kappa shape index (κ3) is 2.96. The van der Waals surface area contributed by atoms with Gasteiger partial charge in [-0.05, 0) is 18.6 Å². The molecule has 82 valence electrons. The standard InChI is InChI=1S/C10H11BrO3S/c1-7-3-4-8(9(12)6-11)5-10(7)15(13)14-2/h3-5H,6H2,1-2H3. The molecule has 1 atom stereocenters. The van der Waals surface area contributed by atoms with Crippen molar-refractivity contribution in [3.05, 3.63) is 29.3 Å². The molecule has 0 aliphatic rings. The summed E-state index contributed by atoms with van der Waals surface area (Å²) >= 11 is 1.59. The number of ketones is 1. The fourth-order valence-electron chi connectivity index (χ4n) is 1.12. The topological polar surface area (TPSA) is 43.4 Å². The highest BCUT2D eigenvalue weighted by Gasteiger charge is 2.11. The number of halogens is 1. The smallest absolute Gasteiger partial charge is 0.189 e. The van der Waals surface area contributed by atoms with E-state index < -0.39 is 11.1 Å². The molecule has 0 N–H and O–H groups in total. The summed E-state index contributed by atoms with van der Waals surface area (Å²) in [7, 11) is 1.37. The molecule has 15 heavy (non-hydrogen) atoms. The maximum Gasteiger partial charge on any atom is 0.189 e. The second kappa shape index (κ2) is 5.53. The molecule has 0 aromatic heterocycles. The van der Waals surface area contributed by atoms with Crippen molar-refractivity contribution in [2.45, 2.75) is 11.8 Å². The number of hydrogen-bond donors (Lipinski definition) is 0. The molecule has 0 spiro atoms. The maximum atomic E-state index is 11.5. The highest BCUT2D eigenvalue weighted by Crippen LogP contribution is 2.16. The van der Waals surface area contributed by atoms with Gasteiger partial charge in [-0.2, -0.15) is 0 Å². The monoisotopic (exact) mass is 290 g/mol. The average Bonchev–Trinajstić information content (AvgIpc) is 2.27. The van der Waals surface area contributed by atoms with E-state index in [1.165, 1.54) is 7.11 Å². The Morgan fingerprint density at radius 3 is 2.73 bits per heavy atom. The first kappa shape index (κ1) is 12.5. The van der Waals surface area contributed by atoms with E-state index in [1.807, 2.05) is 6.92 Å². The van der Waals surface area contributed by atoms with Crippen LogP contribution >= 0.6 is 15.9 Å². The molecule has 0 aliphatic heterocycles. The van der Waals surface area contributed by atoms with E-state index in [4.69, 9.17) is 4.18 Å². The first-order valence-corrected chi connectivity index (χ1v) is 6.46.